The Morgan fingerprint density at radius 3 is 2.50 bits per heavy atom. The van der Waals surface area contributed by atoms with Crippen molar-refractivity contribution in [2.24, 2.45) is 5.41 Å². The first kappa shape index (κ1) is 16.5. The SMILES string of the molecule is Cc1ccc(CC(=O)N[C@H](CO)CC(C)(C)C)cc1O. The Hall–Kier alpha value is -1.55. The Kier molecular flexibility index (Phi) is 5.57. The fourth-order valence-electron chi connectivity index (χ4n) is 2.13. The maximum Gasteiger partial charge on any atom is 0.224 e. The molecule has 112 valence electrons. The van der Waals surface area contributed by atoms with Gasteiger partial charge in [0.25, 0.3) is 0 Å². The van der Waals surface area contributed by atoms with E-state index in [0.717, 1.165) is 11.1 Å². The second-order valence-corrected chi connectivity index (χ2v) is 6.51. The summed E-state index contributed by atoms with van der Waals surface area (Å²) in [6.45, 7) is 7.95. The fourth-order valence-corrected chi connectivity index (χ4v) is 2.13. The number of amides is 1. The highest BCUT2D eigenvalue weighted by Crippen LogP contribution is 2.21. The summed E-state index contributed by atoms with van der Waals surface area (Å²) in [6, 6.07) is 4.98. The molecule has 0 saturated heterocycles. The number of phenolic OH excluding ortho intramolecular Hbond substituents is 1. The molecular formula is C16H25NO3. The molecule has 20 heavy (non-hydrogen) atoms. The summed E-state index contributed by atoms with van der Waals surface area (Å²) < 4.78 is 0. The van der Waals surface area contributed by atoms with Crippen LogP contribution in [0.15, 0.2) is 18.2 Å². The monoisotopic (exact) mass is 279 g/mol. The predicted molar refractivity (Wildman–Crippen MR) is 79.6 cm³/mol. The largest absolute Gasteiger partial charge is 0.508 e. The number of aliphatic hydroxyl groups is 1. The van der Waals surface area contributed by atoms with Crippen LogP contribution < -0.4 is 5.32 Å². The topological polar surface area (TPSA) is 69.6 Å². The third-order valence-electron chi connectivity index (χ3n) is 3.08. The van der Waals surface area contributed by atoms with Gasteiger partial charge in [0, 0.05) is 0 Å². The number of aliphatic hydroxyl groups excluding tert-OH is 1. The number of hydrogen-bond donors (Lipinski definition) is 3. The van der Waals surface area contributed by atoms with Crippen LogP contribution in [-0.2, 0) is 11.2 Å². The zero-order chi connectivity index (χ0) is 15.3. The molecule has 1 aromatic carbocycles. The van der Waals surface area contributed by atoms with E-state index < -0.39 is 0 Å². The lowest BCUT2D eigenvalue weighted by atomic mass is 9.88. The first-order valence-corrected chi connectivity index (χ1v) is 6.90. The van der Waals surface area contributed by atoms with E-state index in [1.807, 2.05) is 13.0 Å². The van der Waals surface area contributed by atoms with Crippen molar-refractivity contribution in [1.29, 1.82) is 0 Å². The van der Waals surface area contributed by atoms with E-state index in [4.69, 9.17) is 0 Å². The Morgan fingerprint density at radius 2 is 2.00 bits per heavy atom. The van der Waals surface area contributed by atoms with E-state index in [0.29, 0.717) is 6.42 Å². The second-order valence-electron chi connectivity index (χ2n) is 6.51. The number of carbonyl (C=O) groups excluding carboxylic acids is 1. The van der Waals surface area contributed by atoms with E-state index in [9.17, 15) is 15.0 Å². The van der Waals surface area contributed by atoms with Gasteiger partial charge < -0.3 is 15.5 Å². The van der Waals surface area contributed by atoms with Crippen LogP contribution >= 0.6 is 0 Å². The van der Waals surface area contributed by atoms with Gasteiger partial charge in [-0.05, 0) is 36.0 Å². The van der Waals surface area contributed by atoms with Gasteiger partial charge in [0.2, 0.25) is 5.91 Å². The molecule has 1 aromatic rings. The number of rotatable bonds is 5. The average molecular weight is 279 g/mol. The van der Waals surface area contributed by atoms with Crippen LogP contribution in [0.3, 0.4) is 0 Å². The van der Waals surface area contributed by atoms with Crippen LogP contribution in [0.2, 0.25) is 0 Å². The molecule has 4 nitrogen and oxygen atoms in total. The molecule has 0 aliphatic heterocycles. The van der Waals surface area contributed by atoms with Crippen molar-refractivity contribution >= 4 is 5.91 Å². The number of benzene rings is 1. The van der Waals surface area contributed by atoms with E-state index in [-0.39, 0.29) is 36.1 Å². The molecule has 3 N–H and O–H groups in total. The number of carbonyl (C=O) groups is 1. The molecule has 1 rings (SSSR count). The lowest BCUT2D eigenvalue weighted by molar-refractivity contribution is -0.121. The van der Waals surface area contributed by atoms with E-state index in [2.05, 4.69) is 26.1 Å². The molecule has 0 radical (unpaired) electrons. The molecule has 0 aliphatic rings. The zero-order valence-electron chi connectivity index (χ0n) is 12.7. The highest BCUT2D eigenvalue weighted by atomic mass is 16.3. The minimum atomic E-state index is -0.235. The number of nitrogens with one attached hydrogen (secondary N) is 1. The lowest BCUT2D eigenvalue weighted by Gasteiger charge is -2.25. The normalized spacial score (nSPS) is 13.1. The minimum Gasteiger partial charge on any atom is -0.508 e. The van der Waals surface area contributed by atoms with Gasteiger partial charge in [-0.25, -0.2) is 0 Å². The van der Waals surface area contributed by atoms with Gasteiger partial charge in [0.1, 0.15) is 5.75 Å². The Bertz CT molecular complexity index is 463. The highest BCUT2D eigenvalue weighted by Gasteiger charge is 2.19. The van der Waals surface area contributed by atoms with Crippen LogP contribution in [0.4, 0.5) is 0 Å². The molecule has 0 heterocycles. The number of aryl methyl sites for hydroxylation is 1. The summed E-state index contributed by atoms with van der Waals surface area (Å²) in [4.78, 5) is 12.0. The summed E-state index contributed by atoms with van der Waals surface area (Å²) in [6.07, 6.45) is 0.920. The molecule has 0 saturated carbocycles. The molecule has 0 bridgehead atoms. The smallest absolute Gasteiger partial charge is 0.224 e. The number of hydrogen-bond acceptors (Lipinski definition) is 3. The van der Waals surface area contributed by atoms with Crippen LogP contribution in [0.25, 0.3) is 0 Å². The lowest BCUT2D eigenvalue weighted by Crippen LogP contribution is -2.40. The fraction of sp³-hybridized carbons (Fsp3) is 0.562. The molecule has 0 aliphatic carbocycles. The van der Waals surface area contributed by atoms with Crippen LogP contribution in [0.5, 0.6) is 5.75 Å². The van der Waals surface area contributed by atoms with Crippen molar-refractivity contribution < 1.29 is 15.0 Å². The van der Waals surface area contributed by atoms with Gasteiger partial charge in [-0.15, -0.1) is 0 Å². The van der Waals surface area contributed by atoms with Crippen molar-refractivity contribution in [2.75, 3.05) is 6.61 Å². The molecule has 4 heteroatoms. The Labute approximate surface area is 120 Å². The Morgan fingerprint density at radius 1 is 1.35 bits per heavy atom. The van der Waals surface area contributed by atoms with Gasteiger partial charge in [-0.1, -0.05) is 32.9 Å². The first-order chi connectivity index (χ1) is 9.21. The first-order valence-electron chi connectivity index (χ1n) is 6.90. The molecule has 0 spiro atoms. The van der Waals surface area contributed by atoms with Gasteiger partial charge in [0.05, 0.1) is 19.1 Å². The predicted octanol–water partition coefficient (Wildman–Crippen LogP) is 2.16. The third kappa shape index (κ3) is 5.61. The molecular weight excluding hydrogens is 254 g/mol. The summed E-state index contributed by atoms with van der Waals surface area (Å²) >= 11 is 0. The maximum absolute atomic E-state index is 12.0. The summed E-state index contributed by atoms with van der Waals surface area (Å²) in [5, 5.41) is 21.8. The van der Waals surface area contributed by atoms with Crippen molar-refractivity contribution in [3.05, 3.63) is 29.3 Å². The van der Waals surface area contributed by atoms with E-state index >= 15 is 0 Å². The van der Waals surface area contributed by atoms with E-state index in [1.54, 1.807) is 12.1 Å². The van der Waals surface area contributed by atoms with Gasteiger partial charge >= 0.3 is 0 Å². The quantitative estimate of drug-likeness (QED) is 0.773. The van der Waals surface area contributed by atoms with Gasteiger partial charge in [0.15, 0.2) is 0 Å². The summed E-state index contributed by atoms with van der Waals surface area (Å²) in [5.41, 5.74) is 1.59. The van der Waals surface area contributed by atoms with Crippen molar-refractivity contribution in [3.63, 3.8) is 0 Å². The molecule has 0 fully saturated rings. The molecule has 0 aromatic heterocycles. The zero-order valence-corrected chi connectivity index (χ0v) is 12.7. The van der Waals surface area contributed by atoms with Crippen molar-refractivity contribution in [1.82, 2.24) is 5.32 Å². The third-order valence-corrected chi connectivity index (χ3v) is 3.08. The van der Waals surface area contributed by atoms with Crippen molar-refractivity contribution in [3.8, 4) is 5.75 Å². The van der Waals surface area contributed by atoms with Crippen molar-refractivity contribution in [2.45, 2.75) is 46.6 Å². The van der Waals surface area contributed by atoms with Crippen LogP contribution in [0.1, 0.15) is 38.3 Å². The number of aromatic hydroxyl groups is 1. The highest BCUT2D eigenvalue weighted by molar-refractivity contribution is 5.79. The average Bonchev–Trinajstić information content (AvgIpc) is 2.31. The standard InChI is InChI=1S/C16H25NO3/c1-11-5-6-12(7-14(11)19)8-15(20)17-13(10-18)9-16(2,3)4/h5-7,13,18-19H,8-10H2,1-4H3,(H,17,20)/t13-/m0/s1. The maximum atomic E-state index is 12.0. The molecule has 1 amide bonds. The molecule has 1 atom stereocenters. The van der Waals surface area contributed by atoms with Crippen LogP contribution in [-0.4, -0.2) is 28.8 Å². The molecule has 0 unspecified atom stereocenters. The van der Waals surface area contributed by atoms with Gasteiger partial charge in [-0.3, -0.25) is 4.79 Å². The minimum absolute atomic E-state index is 0.0444. The Balaban J connectivity index is 2.59. The summed E-state index contributed by atoms with van der Waals surface area (Å²) in [5.74, 6) is 0.0558. The number of phenols is 1. The second kappa shape index (κ2) is 6.75. The summed E-state index contributed by atoms with van der Waals surface area (Å²) in [7, 11) is 0. The van der Waals surface area contributed by atoms with E-state index in [1.165, 1.54) is 0 Å². The van der Waals surface area contributed by atoms with Gasteiger partial charge in [-0.2, -0.15) is 0 Å². The van der Waals surface area contributed by atoms with Crippen LogP contribution in [0, 0.1) is 12.3 Å².